The van der Waals surface area contributed by atoms with E-state index in [9.17, 15) is 24.8 Å². The van der Waals surface area contributed by atoms with Gasteiger partial charge in [0, 0.05) is 12.3 Å². The first-order valence-corrected chi connectivity index (χ1v) is 8.64. The van der Waals surface area contributed by atoms with Crippen molar-refractivity contribution >= 4 is 23.1 Å². The second kappa shape index (κ2) is 8.23. The number of hydrogen-bond acceptors (Lipinski definition) is 6. The first kappa shape index (κ1) is 17.6. The average Bonchev–Trinajstić information content (AvgIpc) is 2.92. The number of nitrogens with one attached hydrogen (secondary N) is 1. The molecule has 130 valence electrons. The molecule has 1 saturated heterocycles. The highest BCUT2D eigenvalue weighted by Crippen LogP contribution is 2.32. The number of nitrogens with zero attached hydrogens (tertiary/aromatic N) is 2. The summed E-state index contributed by atoms with van der Waals surface area (Å²) in [6.07, 6.45) is 2.82. The van der Waals surface area contributed by atoms with Gasteiger partial charge < -0.3 is 15.3 Å². The third-order valence-corrected chi connectivity index (χ3v) is 5.29. The fourth-order valence-electron chi connectivity index (χ4n) is 3.16. The van der Waals surface area contributed by atoms with E-state index in [4.69, 9.17) is 0 Å². The molecule has 10 heteroatoms. The zero-order chi connectivity index (χ0) is 16.8. The van der Waals surface area contributed by atoms with Crippen LogP contribution in [-0.2, 0) is 4.84 Å². The summed E-state index contributed by atoms with van der Waals surface area (Å²) in [5.41, 5.74) is 0. The fraction of sp³-hybridized carbons (Fsp3) is 0.846. The van der Waals surface area contributed by atoms with Crippen molar-refractivity contribution in [3.05, 3.63) is 10.1 Å². The van der Waals surface area contributed by atoms with Crippen molar-refractivity contribution in [3.8, 4) is 0 Å². The van der Waals surface area contributed by atoms with Crippen LogP contribution in [0.2, 0.25) is 0 Å². The van der Waals surface area contributed by atoms with Gasteiger partial charge in [-0.25, -0.2) is 4.79 Å². The van der Waals surface area contributed by atoms with Gasteiger partial charge in [-0.15, -0.1) is 10.1 Å². The summed E-state index contributed by atoms with van der Waals surface area (Å²) < 4.78 is 0. The average molecular weight is 347 g/mol. The van der Waals surface area contributed by atoms with Gasteiger partial charge in [0.15, 0.2) is 0 Å². The second-order valence-corrected chi connectivity index (χ2v) is 6.92. The zero-order valence-electron chi connectivity index (χ0n) is 12.7. The lowest BCUT2D eigenvalue weighted by Crippen LogP contribution is -2.49. The predicted octanol–water partition coefficient (Wildman–Crippen LogP) is 2.15. The first-order chi connectivity index (χ1) is 11.0. The highest BCUT2D eigenvalue weighted by atomic mass is 32.2. The molecule has 0 aromatic rings. The number of carbonyl (C=O) groups is 2. The minimum absolute atomic E-state index is 0.120. The molecule has 1 unspecified atom stereocenters. The van der Waals surface area contributed by atoms with Crippen LogP contribution in [0.25, 0.3) is 0 Å². The standard InChI is InChI=1S/C13H21N3O6S/c17-12-14-11(8-23-12)15(13(18)19)7-10-3-1-9(2-4-10)5-6-22-16(20)21/h9-11H,1-8H2,(H,14,17)(H,18,19). The van der Waals surface area contributed by atoms with E-state index < -0.39 is 17.3 Å². The van der Waals surface area contributed by atoms with Gasteiger partial charge in [-0.2, -0.15) is 0 Å². The Morgan fingerprint density at radius 3 is 2.57 bits per heavy atom. The molecule has 1 heterocycles. The van der Waals surface area contributed by atoms with Gasteiger partial charge in [0.2, 0.25) is 0 Å². The van der Waals surface area contributed by atoms with Crippen LogP contribution in [0.15, 0.2) is 0 Å². The fourth-order valence-corrected chi connectivity index (χ4v) is 3.95. The van der Waals surface area contributed by atoms with E-state index in [1.165, 1.54) is 4.90 Å². The second-order valence-electron chi connectivity index (χ2n) is 5.93. The third-order valence-electron chi connectivity index (χ3n) is 4.42. The Morgan fingerprint density at radius 1 is 1.39 bits per heavy atom. The molecule has 1 atom stereocenters. The lowest BCUT2D eigenvalue weighted by Gasteiger charge is -2.33. The van der Waals surface area contributed by atoms with Gasteiger partial charge in [0.25, 0.3) is 10.3 Å². The number of rotatable bonds is 7. The van der Waals surface area contributed by atoms with Gasteiger partial charge in [0.05, 0.1) is 6.61 Å². The van der Waals surface area contributed by atoms with Crippen molar-refractivity contribution in [2.75, 3.05) is 18.9 Å². The molecule has 0 bridgehead atoms. The van der Waals surface area contributed by atoms with Crippen LogP contribution >= 0.6 is 11.8 Å². The first-order valence-electron chi connectivity index (χ1n) is 7.66. The number of amides is 2. The summed E-state index contributed by atoms with van der Waals surface area (Å²) in [5.74, 6) is 1.10. The molecule has 2 fully saturated rings. The van der Waals surface area contributed by atoms with Crippen molar-refractivity contribution in [2.45, 2.75) is 38.3 Å². The van der Waals surface area contributed by atoms with Crippen molar-refractivity contribution in [1.29, 1.82) is 0 Å². The van der Waals surface area contributed by atoms with Crippen molar-refractivity contribution in [2.24, 2.45) is 11.8 Å². The number of thioether (sulfide) groups is 1. The van der Waals surface area contributed by atoms with E-state index in [0.717, 1.165) is 37.4 Å². The Hall–Kier alpha value is -1.71. The molecule has 1 saturated carbocycles. The largest absolute Gasteiger partial charge is 0.465 e. The molecule has 2 aliphatic rings. The normalized spacial score (nSPS) is 27.3. The van der Waals surface area contributed by atoms with Gasteiger partial charge in [-0.1, -0.05) is 24.6 Å². The smallest absolute Gasteiger partial charge is 0.408 e. The van der Waals surface area contributed by atoms with E-state index in [2.05, 4.69) is 10.2 Å². The highest BCUT2D eigenvalue weighted by Gasteiger charge is 2.33. The van der Waals surface area contributed by atoms with Crippen molar-refractivity contribution in [3.63, 3.8) is 0 Å². The Kier molecular flexibility index (Phi) is 6.31. The van der Waals surface area contributed by atoms with E-state index in [0.29, 0.717) is 24.6 Å². The van der Waals surface area contributed by atoms with Crippen LogP contribution in [0.4, 0.5) is 9.59 Å². The monoisotopic (exact) mass is 347 g/mol. The molecule has 2 N–H and O–H groups in total. The minimum atomic E-state index is -1.01. The maximum atomic E-state index is 11.4. The van der Waals surface area contributed by atoms with E-state index in [1.807, 2.05) is 0 Å². The molecule has 2 rings (SSSR count). The molecule has 23 heavy (non-hydrogen) atoms. The minimum Gasteiger partial charge on any atom is -0.465 e. The lowest BCUT2D eigenvalue weighted by atomic mass is 9.80. The van der Waals surface area contributed by atoms with Gasteiger partial charge in [-0.3, -0.25) is 9.69 Å². The van der Waals surface area contributed by atoms with Crippen LogP contribution in [-0.4, -0.2) is 51.5 Å². The Bertz CT molecular complexity index is 455. The number of carbonyl (C=O) groups excluding carboxylic acids is 1. The Labute approximate surface area is 137 Å². The van der Waals surface area contributed by atoms with Crippen molar-refractivity contribution in [1.82, 2.24) is 10.2 Å². The Balaban J connectivity index is 1.74. The quantitative estimate of drug-likeness (QED) is 0.534. The third kappa shape index (κ3) is 5.45. The molecular weight excluding hydrogens is 326 g/mol. The molecule has 1 aliphatic heterocycles. The summed E-state index contributed by atoms with van der Waals surface area (Å²) >= 11 is 1.10. The van der Waals surface area contributed by atoms with Crippen LogP contribution in [0, 0.1) is 22.0 Å². The summed E-state index contributed by atoms with van der Waals surface area (Å²) in [5, 5.41) is 21.2. The topological polar surface area (TPSA) is 122 Å². The summed E-state index contributed by atoms with van der Waals surface area (Å²) in [6.45, 7) is 0.536. The van der Waals surface area contributed by atoms with Gasteiger partial charge in [-0.05, 0) is 31.1 Å². The molecule has 0 aromatic carbocycles. The summed E-state index contributed by atoms with van der Waals surface area (Å²) in [4.78, 5) is 38.4. The maximum absolute atomic E-state index is 11.4. The lowest BCUT2D eigenvalue weighted by molar-refractivity contribution is -0.758. The van der Waals surface area contributed by atoms with E-state index in [1.54, 1.807) is 0 Å². The zero-order valence-corrected chi connectivity index (χ0v) is 13.5. The predicted molar refractivity (Wildman–Crippen MR) is 82.5 cm³/mol. The SMILES string of the molecule is O=C1NC(N(CC2CCC(CCO[N+](=O)[O-])CC2)C(=O)O)CS1. The molecule has 2 amide bonds. The van der Waals surface area contributed by atoms with E-state index in [-0.39, 0.29) is 17.8 Å². The van der Waals surface area contributed by atoms with Crippen molar-refractivity contribution < 1.29 is 24.6 Å². The van der Waals surface area contributed by atoms with Crippen LogP contribution in [0.5, 0.6) is 0 Å². The molecular formula is C13H21N3O6S. The van der Waals surface area contributed by atoms with Gasteiger partial charge >= 0.3 is 6.09 Å². The molecule has 0 aromatic heterocycles. The summed E-state index contributed by atoms with van der Waals surface area (Å²) in [6, 6.07) is 0. The Morgan fingerprint density at radius 2 is 2.04 bits per heavy atom. The van der Waals surface area contributed by atoms with Gasteiger partial charge in [0.1, 0.15) is 6.17 Å². The van der Waals surface area contributed by atoms with E-state index >= 15 is 0 Å². The number of carboxylic acid groups (broad SMARTS) is 1. The molecule has 9 nitrogen and oxygen atoms in total. The molecule has 0 radical (unpaired) electrons. The highest BCUT2D eigenvalue weighted by molar-refractivity contribution is 8.13. The summed E-state index contributed by atoms with van der Waals surface area (Å²) in [7, 11) is 0. The molecule has 0 spiro atoms. The number of hydrogen-bond donors (Lipinski definition) is 2. The van der Waals surface area contributed by atoms with Crippen LogP contribution < -0.4 is 5.32 Å². The van der Waals surface area contributed by atoms with Crippen LogP contribution in [0.3, 0.4) is 0 Å². The molecule has 1 aliphatic carbocycles. The van der Waals surface area contributed by atoms with Crippen LogP contribution in [0.1, 0.15) is 32.1 Å². The maximum Gasteiger partial charge on any atom is 0.408 e.